The van der Waals surface area contributed by atoms with E-state index in [1.54, 1.807) is 12.4 Å². The Bertz CT molecular complexity index is 615. The van der Waals surface area contributed by atoms with Crippen molar-refractivity contribution < 1.29 is 4.79 Å². The van der Waals surface area contributed by atoms with E-state index in [1.165, 1.54) is 5.56 Å². The lowest BCUT2D eigenvalue weighted by molar-refractivity contribution is 0.0593. The molecule has 1 aliphatic heterocycles. The van der Waals surface area contributed by atoms with Crippen LogP contribution in [0.1, 0.15) is 22.8 Å². The number of carbonyl (C=O) groups excluding carboxylic acids is 1. The van der Waals surface area contributed by atoms with Gasteiger partial charge in [0.2, 0.25) is 0 Å². The van der Waals surface area contributed by atoms with Crippen LogP contribution in [0.4, 0.5) is 0 Å². The summed E-state index contributed by atoms with van der Waals surface area (Å²) in [4.78, 5) is 18.9. The Morgan fingerprint density at radius 2 is 2.09 bits per heavy atom. The molecular formula is C18H21N3O. The van der Waals surface area contributed by atoms with Crippen molar-refractivity contribution in [1.82, 2.24) is 15.2 Å². The first-order valence-electron chi connectivity index (χ1n) is 7.72. The van der Waals surface area contributed by atoms with Crippen LogP contribution in [-0.2, 0) is 6.42 Å². The summed E-state index contributed by atoms with van der Waals surface area (Å²) in [7, 11) is 0. The van der Waals surface area contributed by atoms with Crippen LogP contribution in [0.5, 0.6) is 0 Å². The smallest absolute Gasteiger partial charge is 0.255 e. The maximum absolute atomic E-state index is 12.8. The van der Waals surface area contributed by atoms with Crippen molar-refractivity contribution in [2.24, 2.45) is 0 Å². The van der Waals surface area contributed by atoms with Crippen LogP contribution in [0.2, 0.25) is 0 Å². The standard InChI is InChI=1S/C18H21N3O/c1-14-13-21(18(22)16-8-5-9-19-11-16)17(12-20-14)10-15-6-3-2-4-7-15/h2-9,11,14,17,20H,10,12-13H2,1H3. The second-order valence-corrected chi connectivity index (χ2v) is 5.85. The first kappa shape index (κ1) is 14.7. The molecule has 2 aromatic rings. The zero-order valence-corrected chi connectivity index (χ0v) is 12.8. The van der Waals surface area contributed by atoms with Gasteiger partial charge in [0.15, 0.2) is 0 Å². The molecule has 1 aromatic heterocycles. The van der Waals surface area contributed by atoms with Gasteiger partial charge in [-0.25, -0.2) is 0 Å². The summed E-state index contributed by atoms with van der Waals surface area (Å²) in [5.74, 6) is 0.0716. The van der Waals surface area contributed by atoms with Crippen molar-refractivity contribution in [2.75, 3.05) is 13.1 Å². The number of hydrogen-bond donors (Lipinski definition) is 1. The van der Waals surface area contributed by atoms with Gasteiger partial charge in [0, 0.05) is 37.6 Å². The van der Waals surface area contributed by atoms with E-state index in [1.807, 2.05) is 35.2 Å². The second kappa shape index (κ2) is 6.71. The minimum absolute atomic E-state index is 0.0716. The van der Waals surface area contributed by atoms with Crippen molar-refractivity contribution in [3.63, 3.8) is 0 Å². The lowest BCUT2D eigenvalue weighted by Gasteiger charge is -2.39. The molecule has 1 fully saturated rings. The van der Waals surface area contributed by atoms with E-state index >= 15 is 0 Å². The molecule has 3 rings (SSSR count). The van der Waals surface area contributed by atoms with E-state index < -0.39 is 0 Å². The molecule has 0 spiro atoms. The summed E-state index contributed by atoms with van der Waals surface area (Å²) >= 11 is 0. The number of piperazine rings is 1. The molecule has 1 N–H and O–H groups in total. The van der Waals surface area contributed by atoms with Crippen molar-refractivity contribution in [3.05, 3.63) is 66.0 Å². The molecule has 2 unspecified atom stereocenters. The van der Waals surface area contributed by atoms with Crippen LogP contribution in [-0.4, -0.2) is 41.0 Å². The zero-order valence-electron chi connectivity index (χ0n) is 12.8. The third-order valence-corrected chi connectivity index (χ3v) is 4.10. The van der Waals surface area contributed by atoms with Gasteiger partial charge in [-0.05, 0) is 31.0 Å². The van der Waals surface area contributed by atoms with Crippen molar-refractivity contribution in [1.29, 1.82) is 0 Å². The van der Waals surface area contributed by atoms with Gasteiger partial charge in [0.1, 0.15) is 0 Å². The number of aromatic nitrogens is 1. The average molecular weight is 295 g/mol. The number of pyridine rings is 1. The predicted octanol–water partition coefficient (Wildman–Crippen LogP) is 2.13. The Balaban J connectivity index is 1.80. The molecule has 0 aliphatic carbocycles. The Morgan fingerprint density at radius 3 is 2.82 bits per heavy atom. The fourth-order valence-electron chi connectivity index (χ4n) is 2.93. The van der Waals surface area contributed by atoms with Gasteiger partial charge in [0.05, 0.1) is 5.56 Å². The summed E-state index contributed by atoms with van der Waals surface area (Å²) in [5, 5.41) is 3.48. The first-order chi connectivity index (χ1) is 10.7. The Morgan fingerprint density at radius 1 is 1.27 bits per heavy atom. The lowest BCUT2D eigenvalue weighted by atomic mass is 10.0. The number of amides is 1. The monoisotopic (exact) mass is 295 g/mol. The molecule has 0 bridgehead atoms. The quantitative estimate of drug-likeness (QED) is 0.943. The molecule has 1 aromatic carbocycles. The molecule has 114 valence electrons. The predicted molar refractivity (Wildman–Crippen MR) is 86.7 cm³/mol. The topological polar surface area (TPSA) is 45.2 Å². The zero-order chi connectivity index (χ0) is 15.4. The molecule has 1 amide bonds. The van der Waals surface area contributed by atoms with Crippen LogP contribution in [0.15, 0.2) is 54.9 Å². The molecule has 0 radical (unpaired) electrons. The number of rotatable bonds is 3. The molecule has 2 atom stereocenters. The lowest BCUT2D eigenvalue weighted by Crippen LogP contribution is -2.58. The van der Waals surface area contributed by atoms with Crippen molar-refractivity contribution >= 4 is 5.91 Å². The molecular weight excluding hydrogens is 274 g/mol. The molecule has 4 heteroatoms. The van der Waals surface area contributed by atoms with E-state index in [2.05, 4.69) is 29.4 Å². The summed E-state index contributed by atoms with van der Waals surface area (Å²) in [6.07, 6.45) is 4.21. The van der Waals surface area contributed by atoms with Crippen molar-refractivity contribution in [2.45, 2.75) is 25.4 Å². The highest BCUT2D eigenvalue weighted by Gasteiger charge is 2.30. The van der Waals surface area contributed by atoms with Gasteiger partial charge in [-0.1, -0.05) is 30.3 Å². The number of nitrogens with one attached hydrogen (secondary N) is 1. The average Bonchev–Trinajstić information content (AvgIpc) is 2.57. The summed E-state index contributed by atoms with van der Waals surface area (Å²) in [6.45, 7) is 3.66. The Labute approximate surface area is 131 Å². The number of benzene rings is 1. The normalized spacial score (nSPS) is 21.6. The van der Waals surface area contributed by atoms with Crippen LogP contribution in [0.25, 0.3) is 0 Å². The molecule has 0 saturated carbocycles. The number of hydrogen-bond acceptors (Lipinski definition) is 3. The summed E-state index contributed by atoms with van der Waals surface area (Å²) < 4.78 is 0. The Hall–Kier alpha value is -2.20. The highest BCUT2D eigenvalue weighted by molar-refractivity contribution is 5.94. The van der Waals surface area contributed by atoms with Gasteiger partial charge < -0.3 is 10.2 Å². The van der Waals surface area contributed by atoms with Gasteiger partial charge in [-0.3, -0.25) is 9.78 Å². The fraction of sp³-hybridized carbons (Fsp3) is 0.333. The summed E-state index contributed by atoms with van der Waals surface area (Å²) in [5.41, 5.74) is 1.92. The van der Waals surface area contributed by atoms with E-state index in [-0.39, 0.29) is 11.9 Å². The van der Waals surface area contributed by atoms with Crippen molar-refractivity contribution in [3.8, 4) is 0 Å². The highest BCUT2D eigenvalue weighted by atomic mass is 16.2. The first-order valence-corrected chi connectivity index (χ1v) is 7.72. The van der Waals surface area contributed by atoms with Crippen LogP contribution in [0.3, 0.4) is 0 Å². The Kier molecular flexibility index (Phi) is 4.49. The summed E-state index contributed by atoms with van der Waals surface area (Å²) in [6, 6.07) is 14.5. The maximum Gasteiger partial charge on any atom is 0.255 e. The molecule has 1 saturated heterocycles. The molecule has 1 aliphatic rings. The maximum atomic E-state index is 12.8. The van der Waals surface area contributed by atoms with Gasteiger partial charge in [-0.2, -0.15) is 0 Å². The third-order valence-electron chi connectivity index (χ3n) is 4.10. The van der Waals surface area contributed by atoms with Gasteiger partial charge in [-0.15, -0.1) is 0 Å². The fourth-order valence-corrected chi connectivity index (χ4v) is 2.93. The SMILES string of the molecule is CC1CN(C(=O)c2cccnc2)C(Cc2ccccc2)CN1. The minimum Gasteiger partial charge on any atom is -0.332 e. The third kappa shape index (κ3) is 3.34. The molecule has 22 heavy (non-hydrogen) atoms. The van der Waals surface area contributed by atoms with Gasteiger partial charge in [0.25, 0.3) is 5.91 Å². The van der Waals surface area contributed by atoms with Crippen LogP contribution in [0, 0.1) is 0 Å². The molecule has 2 heterocycles. The minimum atomic E-state index is 0.0716. The highest BCUT2D eigenvalue weighted by Crippen LogP contribution is 2.16. The van der Waals surface area contributed by atoms with E-state index in [0.29, 0.717) is 11.6 Å². The van der Waals surface area contributed by atoms with E-state index in [0.717, 1.165) is 19.5 Å². The largest absolute Gasteiger partial charge is 0.332 e. The number of carbonyl (C=O) groups is 1. The molecule has 4 nitrogen and oxygen atoms in total. The van der Waals surface area contributed by atoms with Gasteiger partial charge >= 0.3 is 0 Å². The van der Waals surface area contributed by atoms with E-state index in [4.69, 9.17) is 0 Å². The second-order valence-electron chi connectivity index (χ2n) is 5.85. The number of nitrogens with zero attached hydrogens (tertiary/aromatic N) is 2. The van der Waals surface area contributed by atoms with Crippen LogP contribution < -0.4 is 5.32 Å². The van der Waals surface area contributed by atoms with E-state index in [9.17, 15) is 4.79 Å². The van der Waals surface area contributed by atoms with Crippen LogP contribution >= 0.6 is 0 Å².